The van der Waals surface area contributed by atoms with Crippen LogP contribution in [0.15, 0.2) is 34.9 Å². The Labute approximate surface area is 140 Å². The summed E-state index contributed by atoms with van der Waals surface area (Å²) < 4.78 is 0.922. The van der Waals surface area contributed by atoms with Gasteiger partial charge in [-0.3, -0.25) is 16.3 Å². The molecule has 0 fully saturated rings. The molecule has 0 aliphatic carbocycles. The van der Waals surface area contributed by atoms with Crippen molar-refractivity contribution in [1.29, 1.82) is 0 Å². The molecule has 0 saturated heterocycles. The van der Waals surface area contributed by atoms with Crippen LogP contribution in [-0.2, 0) is 6.42 Å². The Balaban J connectivity index is 2.28. The van der Waals surface area contributed by atoms with E-state index < -0.39 is 0 Å². The molecular formula is C13H11BrCl3N3. The van der Waals surface area contributed by atoms with Crippen LogP contribution in [0, 0.1) is 0 Å². The van der Waals surface area contributed by atoms with Gasteiger partial charge in [0.25, 0.3) is 0 Å². The first-order chi connectivity index (χ1) is 9.51. The molecule has 0 spiro atoms. The van der Waals surface area contributed by atoms with E-state index in [4.69, 9.17) is 40.6 Å². The van der Waals surface area contributed by atoms with Crippen molar-refractivity contribution in [1.82, 2.24) is 10.4 Å². The molecule has 0 amide bonds. The highest BCUT2D eigenvalue weighted by atomic mass is 79.9. The molecular weight excluding hydrogens is 384 g/mol. The van der Waals surface area contributed by atoms with Crippen molar-refractivity contribution in [2.45, 2.75) is 12.5 Å². The van der Waals surface area contributed by atoms with Gasteiger partial charge in [0.05, 0.1) is 21.8 Å². The quantitative estimate of drug-likeness (QED) is 0.590. The predicted octanol–water partition coefficient (Wildman–Crippen LogP) is 4.55. The molecule has 0 bridgehead atoms. The van der Waals surface area contributed by atoms with E-state index in [1.165, 1.54) is 6.20 Å². The lowest BCUT2D eigenvalue weighted by molar-refractivity contribution is 0.538. The summed E-state index contributed by atoms with van der Waals surface area (Å²) in [5.74, 6) is 5.61. The Morgan fingerprint density at radius 3 is 2.55 bits per heavy atom. The number of hydrogen-bond donors (Lipinski definition) is 2. The van der Waals surface area contributed by atoms with Gasteiger partial charge >= 0.3 is 0 Å². The van der Waals surface area contributed by atoms with Crippen molar-refractivity contribution in [3.8, 4) is 0 Å². The normalized spacial score (nSPS) is 12.4. The second-order valence-corrected chi connectivity index (χ2v) is 6.35. The summed E-state index contributed by atoms with van der Waals surface area (Å²) in [6.45, 7) is 0. The maximum Gasteiger partial charge on any atom is 0.0777 e. The smallest absolute Gasteiger partial charge is 0.0777 e. The fourth-order valence-electron chi connectivity index (χ4n) is 1.82. The molecule has 20 heavy (non-hydrogen) atoms. The summed E-state index contributed by atoms with van der Waals surface area (Å²) >= 11 is 21.6. The highest BCUT2D eigenvalue weighted by Crippen LogP contribution is 2.29. The largest absolute Gasteiger partial charge is 0.271 e. The zero-order chi connectivity index (χ0) is 14.7. The Morgan fingerprint density at radius 2 is 1.95 bits per heavy atom. The highest BCUT2D eigenvalue weighted by molar-refractivity contribution is 9.10. The molecule has 1 heterocycles. The molecule has 3 nitrogen and oxygen atoms in total. The third-order valence-electron chi connectivity index (χ3n) is 2.81. The fourth-order valence-corrected chi connectivity index (χ4v) is 3.09. The SMILES string of the molecule is NNC(Cc1ccc(Br)cc1Cl)c1ncc(Cl)cc1Cl. The zero-order valence-electron chi connectivity index (χ0n) is 10.2. The molecule has 0 aliphatic heterocycles. The van der Waals surface area contributed by atoms with Gasteiger partial charge in [-0.15, -0.1) is 0 Å². The van der Waals surface area contributed by atoms with Crippen molar-refractivity contribution < 1.29 is 0 Å². The standard InChI is InChI=1S/C13H11BrCl3N3/c14-8-2-1-7(10(16)4-8)3-12(20-18)13-11(17)5-9(15)6-19-13/h1-2,4-6,12,20H,3,18H2. The number of nitrogens with one attached hydrogen (secondary N) is 1. The number of rotatable bonds is 4. The second-order valence-electron chi connectivity index (χ2n) is 4.18. The van der Waals surface area contributed by atoms with Gasteiger partial charge in [0, 0.05) is 15.7 Å². The van der Waals surface area contributed by atoms with E-state index in [-0.39, 0.29) is 6.04 Å². The van der Waals surface area contributed by atoms with Crippen molar-refractivity contribution >= 4 is 50.7 Å². The van der Waals surface area contributed by atoms with Gasteiger partial charge in [-0.1, -0.05) is 56.8 Å². The second kappa shape index (κ2) is 7.07. The van der Waals surface area contributed by atoms with Crippen molar-refractivity contribution in [3.63, 3.8) is 0 Å². The third kappa shape index (κ3) is 3.85. The Morgan fingerprint density at radius 1 is 1.20 bits per heavy atom. The van der Waals surface area contributed by atoms with Crippen LogP contribution < -0.4 is 11.3 Å². The molecule has 1 atom stereocenters. The Hall–Kier alpha value is -0.360. The minimum absolute atomic E-state index is 0.251. The van der Waals surface area contributed by atoms with E-state index in [2.05, 4.69) is 26.3 Å². The van der Waals surface area contributed by atoms with Gasteiger partial charge in [0.2, 0.25) is 0 Å². The number of aromatic nitrogens is 1. The van der Waals surface area contributed by atoms with E-state index in [1.807, 2.05) is 18.2 Å². The molecule has 106 valence electrons. The van der Waals surface area contributed by atoms with Crippen LogP contribution in [0.3, 0.4) is 0 Å². The monoisotopic (exact) mass is 393 g/mol. The van der Waals surface area contributed by atoms with Crippen LogP contribution in [0.4, 0.5) is 0 Å². The molecule has 0 aliphatic rings. The number of hydrogen-bond acceptors (Lipinski definition) is 3. The molecule has 0 saturated carbocycles. The van der Waals surface area contributed by atoms with Crippen molar-refractivity contribution in [2.75, 3.05) is 0 Å². The minimum Gasteiger partial charge on any atom is -0.271 e. The van der Waals surface area contributed by atoms with Crippen LogP contribution in [0.1, 0.15) is 17.3 Å². The summed E-state index contributed by atoms with van der Waals surface area (Å²) in [7, 11) is 0. The summed E-state index contributed by atoms with van der Waals surface area (Å²) in [6.07, 6.45) is 2.10. The lowest BCUT2D eigenvalue weighted by atomic mass is 10.0. The summed E-state index contributed by atoms with van der Waals surface area (Å²) in [4.78, 5) is 4.23. The highest BCUT2D eigenvalue weighted by Gasteiger charge is 2.17. The molecule has 2 aromatic rings. The van der Waals surface area contributed by atoms with Crippen LogP contribution in [-0.4, -0.2) is 4.98 Å². The summed E-state index contributed by atoms with van der Waals surface area (Å²) in [5, 5.41) is 1.61. The third-order valence-corrected chi connectivity index (χ3v) is 4.16. The summed E-state index contributed by atoms with van der Waals surface area (Å²) in [5.41, 5.74) is 4.29. The first-order valence-electron chi connectivity index (χ1n) is 5.72. The maximum absolute atomic E-state index is 6.21. The molecule has 3 N–H and O–H groups in total. The lowest BCUT2D eigenvalue weighted by Gasteiger charge is -2.17. The van der Waals surface area contributed by atoms with Gasteiger partial charge < -0.3 is 0 Å². The minimum atomic E-state index is -0.251. The van der Waals surface area contributed by atoms with Gasteiger partial charge in [-0.05, 0) is 30.2 Å². The van der Waals surface area contributed by atoms with Gasteiger partial charge in [-0.25, -0.2) is 0 Å². The van der Waals surface area contributed by atoms with Crippen LogP contribution >= 0.6 is 50.7 Å². The molecule has 1 aromatic heterocycles. The van der Waals surface area contributed by atoms with E-state index in [0.717, 1.165) is 10.0 Å². The van der Waals surface area contributed by atoms with Crippen molar-refractivity contribution in [3.05, 3.63) is 61.3 Å². The number of nitrogens with zero attached hydrogens (tertiary/aromatic N) is 1. The first-order valence-corrected chi connectivity index (χ1v) is 7.65. The van der Waals surface area contributed by atoms with E-state index in [9.17, 15) is 0 Å². The molecule has 1 unspecified atom stereocenters. The van der Waals surface area contributed by atoms with E-state index >= 15 is 0 Å². The number of halogens is 4. The number of pyridine rings is 1. The van der Waals surface area contributed by atoms with E-state index in [0.29, 0.717) is 27.2 Å². The first kappa shape index (κ1) is 16.0. The van der Waals surface area contributed by atoms with Gasteiger partial charge in [-0.2, -0.15) is 0 Å². The number of nitrogens with two attached hydrogens (primary N) is 1. The predicted molar refractivity (Wildman–Crippen MR) is 87.2 cm³/mol. The van der Waals surface area contributed by atoms with Gasteiger partial charge in [0.15, 0.2) is 0 Å². The fraction of sp³-hybridized carbons (Fsp3) is 0.154. The van der Waals surface area contributed by atoms with Crippen LogP contribution in [0.2, 0.25) is 15.1 Å². The van der Waals surface area contributed by atoms with Crippen LogP contribution in [0.5, 0.6) is 0 Å². The number of benzene rings is 1. The average molecular weight is 396 g/mol. The number of hydrazine groups is 1. The zero-order valence-corrected chi connectivity index (χ0v) is 14.1. The lowest BCUT2D eigenvalue weighted by Crippen LogP contribution is -2.30. The molecule has 0 radical (unpaired) electrons. The molecule has 1 aromatic carbocycles. The maximum atomic E-state index is 6.21. The van der Waals surface area contributed by atoms with E-state index in [1.54, 1.807) is 6.07 Å². The Kier molecular flexibility index (Phi) is 5.66. The Bertz CT molecular complexity index is 622. The topological polar surface area (TPSA) is 50.9 Å². The van der Waals surface area contributed by atoms with Crippen molar-refractivity contribution in [2.24, 2.45) is 5.84 Å². The average Bonchev–Trinajstić information content (AvgIpc) is 2.39. The van der Waals surface area contributed by atoms with Gasteiger partial charge in [0.1, 0.15) is 0 Å². The van der Waals surface area contributed by atoms with Crippen LogP contribution in [0.25, 0.3) is 0 Å². The summed E-state index contributed by atoms with van der Waals surface area (Å²) in [6, 6.07) is 7.07. The molecule has 2 rings (SSSR count). The molecule has 7 heteroatoms.